The molecule has 1 heterocycles. The number of carbonyl (C=O) groups is 1. The quantitative estimate of drug-likeness (QED) is 0.818. The van der Waals surface area contributed by atoms with Crippen molar-refractivity contribution >= 4 is 5.97 Å². The zero-order chi connectivity index (χ0) is 14.2. The van der Waals surface area contributed by atoms with E-state index in [1.165, 1.54) is 0 Å². The lowest BCUT2D eigenvalue weighted by Crippen LogP contribution is -2.30. The minimum atomic E-state index is -0.260. The number of ether oxygens (including phenoxy) is 1. The van der Waals surface area contributed by atoms with E-state index in [-0.39, 0.29) is 18.6 Å². The molecule has 0 bridgehead atoms. The van der Waals surface area contributed by atoms with Crippen LogP contribution in [-0.4, -0.2) is 24.1 Å². The molecule has 1 N–H and O–H groups in total. The van der Waals surface area contributed by atoms with Crippen LogP contribution in [0.4, 0.5) is 0 Å². The second-order valence-electron chi connectivity index (χ2n) is 4.28. The highest BCUT2D eigenvalue weighted by Crippen LogP contribution is 2.19. The zero-order valence-corrected chi connectivity index (χ0v) is 11.5. The third kappa shape index (κ3) is 3.90. The third-order valence-electron chi connectivity index (χ3n) is 2.87. The van der Waals surface area contributed by atoms with Gasteiger partial charge in [0.25, 0.3) is 0 Å². The Kier molecular flexibility index (Phi) is 5.26. The van der Waals surface area contributed by atoms with E-state index in [0.717, 1.165) is 11.3 Å². The Morgan fingerprint density at radius 3 is 2.60 bits per heavy atom. The van der Waals surface area contributed by atoms with Crippen LogP contribution in [0.2, 0.25) is 0 Å². The van der Waals surface area contributed by atoms with Gasteiger partial charge in [0.1, 0.15) is 0 Å². The fourth-order valence-corrected chi connectivity index (χ4v) is 1.98. The summed E-state index contributed by atoms with van der Waals surface area (Å²) in [7, 11) is 0. The van der Waals surface area contributed by atoms with E-state index in [2.05, 4.69) is 10.3 Å². The van der Waals surface area contributed by atoms with E-state index in [1.807, 2.05) is 48.5 Å². The molecular formula is C16H18N2O2. The Labute approximate surface area is 118 Å². The van der Waals surface area contributed by atoms with E-state index < -0.39 is 0 Å². The summed E-state index contributed by atoms with van der Waals surface area (Å²) in [5.74, 6) is -0.260. The third-order valence-corrected chi connectivity index (χ3v) is 2.87. The Bertz CT molecular complexity index is 489. The maximum Gasteiger partial charge on any atom is 0.319 e. The summed E-state index contributed by atoms with van der Waals surface area (Å²) in [6.45, 7) is 2.34. The van der Waals surface area contributed by atoms with Crippen molar-refractivity contribution in [2.24, 2.45) is 0 Å². The molecule has 0 spiro atoms. The molecule has 2 aromatic rings. The fraction of sp³-hybridized carbons (Fsp3) is 0.250. The van der Waals surface area contributed by atoms with Crippen molar-refractivity contribution in [1.82, 2.24) is 10.3 Å². The first-order chi connectivity index (χ1) is 9.81. The fourth-order valence-electron chi connectivity index (χ4n) is 1.98. The molecule has 0 aliphatic carbocycles. The largest absolute Gasteiger partial charge is 0.465 e. The standard InChI is InChI=1S/C16H18N2O2/c1-2-20-15(19)12-18-16(13-8-4-3-5-9-13)14-10-6-7-11-17-14/h3-11,16,18H,2,12H2,1H3. The van der Waals surface area contributed by atoms with Crippen molar-refractivity contribution < 1.29 is 9.53 Å². The average Bonchev–Trinajstić information content (AvgIpc) is 2.50. The number of esters is 1. The lowest BCUT2D eigenvalue weighted by Gasteiger charge is -2.18. The first-order valence-electron chi connectivity index (χ1n) is 6.66. The molecule has 0 aliphatic rings. The highest BCUT2D eigenvalue weighted by atomic mass is 16.5. The topological polar surface area (TPSA) is 51.2 Å². The lowest BCUT2D eigenvalue weighted by molar-refractivity contribution is -0.142. The van der Waals surface area contributed by atoms with Crippen molar-refractivity contribution in [3.8, 4) is 0 Å². The number of nitrogens with one attached hydrogen (secondary N) is 1. The van der Waals surface area contributed by atoms with Crippen LogP contribution in [0.15, 0.2) is 54.7 Å². The van der Waals surface area contributed by atoms with Gasteiger partial charge in [0.15, 0.2) is 0 Å². The van der Waals surface area contributed by atoms with Crippen molar-refractivity contribution in [2.45, 2.75) is 13.0 Å². The number of carbonyl (C=O) groups excluding carboxylic acids is 1. The lowest BCUT2D eigenvalue weighted by atomic mass is 10.0. The normalized spacial score (nSPS) is 11.8. The maximum atomic E-state index is 11.5. The van der Waals surface area contributed by atoms with Gasteiger partial charge in [-0.05, 0) is 24.6 Å². The van der Waals surface area contributed by atoms with Gasteiger partial charge in [0.2, 0.25) is 0 Å². The number of nitrogens with zero attached hydrogens (tertiary/aromatic N) is 1. The molecular weight excluding hydrogens is 252 g/mol. The summed E-state index contributed by atoms with van der Waals surface area (Å²) in [5.41, 5.74) is 1.94. The summed E-state index contributed by atoms with van der Waals surface area (Å²) < 4.78 is 4.94. The van der Waals surface area contributed by atoms with Crippen molar-refractivity contribution in [3.05, 3.63) is 66.0 Å². The monoisotopic (exact) mass is 270 g/mol. The van der Waals surface area contributed by atoms with Crippen LogP contribution < -0.4 is 5.32 Å². The average molecular weight is 270 g/mol. The van der Waals surface area contributed by atoms with Crippen LogP contribution in [0.1, 0.15) is 24.2 Å². The Balaban J connectivity index is 2.15. The molecule has 1 aromatic carbocycles. The SMILES string of the molecule is CCOC(=O)CNC(c1ccccc1)c1ccccn1. The Hall–Kier alpha value is -2.20. The first kappa shape index (κ1) is 14.2. The minimum absolute atomic E-state index is 0.123. The molecule has 2 rings (SSSR count). The summed E-state index contributed by atoms with van der Waals surface area (Å²) >= 11 is 0. The predicted molar refractivity (Wildman–Crippen MR) is 77.2 cm³/mol. The number of pyridine rings is 1. The minimum Gasteiger partial charge on any atom is -0.465 e. The van der Waals surface area contributed by atoms with Crippen LogP contribution in [0.5, 0.6) is 0 Å². The van der Waals surface area contributed by atoms with E-state index in [9.17, 15) is 4.79 Å². The summed E-state index contributed by atoms with van der Waals surface area (Å²) in [5, 5.41) is 3.20. The van der Waals surface area contributed by atoms with Gasteiger partial charge in [-0.3, -0.25) is 15.1 Å². The Morgan fingerprint density at radius 2 is 1.95 bits per heavy atom. The first-order valence-corrected chi connectivity index (χ1v) is 6.66. The predicted octanol–water partition coefficient (Wildman–Crippen LogP) is 2.32. The highest BCUT2D eigenvalue weighted by molar-refractivity contribution is 5.71. The van der Waals surface area contributed by atoms with Crippen LogP contribution in [-0.2, 0) is 9.53 Å². The van der Waals surface area contributed by atoms with Gasteiger partial charge in [0.05, 0.1) is 24.9 Å². The van der Waals surface area contributed by atoms with Crippen molar-refractivity contribution in [1.29, 1.82) is 0 Å². The second-order valence-corrected chi connectivity index (χ2v) is 4.28. The molecule has 1 aromatic heterocycles. The van der Waals surface area contributed by atoms with Crippen LogP contribution in [0.25, 0.3) is 0 Å². The molecule has 20 heavy (non-hydrogen) atoms. The van der Waals surface area contributed by atoms with Gasteiger partial charge < -0.3 is 4.74 Å². The van der Waals surface area contributed by atoms with Crippen molar-refractivity contribution in [3.63, 3.8) is 0 Å². The number of aromatic nitrogens is 1. The summed E-state index contributed by atoms with van der Waals surface area (Å²) in [6.07, 6.45) is 1.75. The molecule has 0 fully saturated rings. The van der Waals surface area contributed by atoms with E-state index >= 15 is 0 Å². The van der Waals surface area contributed by atoms with Gasteiger partial charge >= 0.3 is 5.97 Å². The molecule has 0 aliphatic heterocycles. The van der Waals surface area contributed by atoms with Gasteiger partial charge in [-0.15, -0.1) is 0 Å². The molecule has 1 atom stereocenters. The van der Waals surface area contributed by atoms with Gasteiger partial charge in [0, 0.05) is 6.20 Å². The number of rotatable bonds is 6. The van der Waals surface area contributed by atoms with Crippen LogP contribution in [0.3, 0.4) is 0 Å². The molecule has 0 radical (unpaired) electrons. The van der Waals surface area contributed by atoms with Crippen LogP contribution in [0, 0.1) is 0 Å². The van der Waals surface area contributed by atoms with Crippen LogP contribution >= 0.6 is 0 Å². The molecule has 104 valence electrons. The maximum absolute atomic E-state index is 11.5. The molecule has 0 saturated heterocycles. The smallest absolute Gasteiger partial charge is 0.319 e. The van der Waals surface area contributed by atoms with Gasteiger partial charge in [-0.25, -0.2) is 0 Å². The number of hydrogen-bond donors (Lipinski definition) is 1. The molecule has 4 heteroatoms. The number of benzene rings is 1. The second kappa shape index (κ2) is 7.40. The van der Waals surface area contributed by atoms with Gasteiger partial charge in [-0.2, -0.15) is 0 Å². The van der Waals surface area contributed by atoms with E-state index in [0.29, 0.717) is 6.61 Å². The van der Waals surface area contributed by atoms with Gasteiger partial charge in [-0.1, -0.05) is 36.4 Å². The zero-order valence-electron chi connectivity index (χ0n) is 11.5. The number of hydrogen-bond acceptors (Lipinski definition) is 4. The molecule has 0 amide bonds. The highest BCUT2D eigenvalue weighted by Gasteiger charge is 2.16. The molecule has 4 nitrogen and oxygen atoms in total. The Morgan fingerprint density at radius 1 is 1.20 bits per heavy atom. The molecule has 0 saturated carbocycles. The summed E-state index contributed by atoms with van der Waals surface area (Å²) in [4.78, 5) is 15.9. The van der Waals surface area contributed by atoms with Crippen molar-refractivity contribution in [2.75, 3.05) is 13.2 Å². The van der Waals surface area contributed by atoms with E-state index in [1.54, 1.807) is 13.1 Å². The molecule has 1 unspecified atom stereocenters. The van der Waals surface area contributed by atoms with E-state index in [4.69, 9.17) is 4.74 Å². The summed E-state index contributed by atoms with van der Waals surface area (Å²) in [6, 6.07) is 15.5.